The number of sulfonamides is 1. The lowest BCUT2D eigenvalue weighted by atomic mass is 10.1. The number of nitrogens with zero attached hydrogens (tertiary/aromatic N) is 2. The lowest BCUT2D eigenvalue weighted by Crippen LogP contribution is -2.43. The highest BCUT2D eigenvalue weighted by Crippen LogP contribution is 2.25. The van der Waals surface area contributed by atoms with Gasteiger partial charge in [0.15, 0.2) is 0 Å². The van der Waals surface area contributed by atoms with Crippen LogP contribution in [0.5, 0.6) is 0 Å². The molecule has 0 saturated heterocycles. The molecule has 1 aromatic rings. The molecule has 0 aliphatic heterocycles. The van der Waals surface area contributed by atoms with Crippen LogP contribution in [0.1, 0.15) is 13.8 Å². The molecule has 1 aromatic heterocycles. The first-order valence-electron chi connectivity index (χ1n) is 4.26. The quantitative estimate of drug-likeness (QED) is 0.812. The molecule has 0 bridgehead atoms. The van der Waals surface area contributed by atoms with E-state index >= 15 is 0 Å². The topological polar surface area (TPSA) is 61.2 Å². The van der Waals surface area contributed by atoms with E-state index in [4.69, 9.17) is 5.26 Å². The Labute approximate surface area is 93.8 Å². The molecule has 0 radical (unpaired) electrons. The van der Waals surface area contributed by atoms with Crippen LogP contribution < -0.4 is 0 Å². The summed E-state index contributed by atoms with van der Waals surface area (Å²) in [5, 5.41) is 10.6. The van der Waals surface area contributed by atoms with Gasteiger partial charge in [0, 0.05) is 7.05 Å². The SMILES string of the molecule is CN(C(C)(C)C#N)S(=O)(=O)c1cccs1. The summed E-state index contributed by atoms with van der Waals surface area (Å²) < 4.78 is 25.3. The minimum absolute atomic E-state index is 0.258. The van der Waals surface area contributed by atoms with Gasteiger partial charge in [-0.3, -0.25) is 0 Å². The first-order valence-corrected chi connectivity index (χ1v) is 6.58. The van der Waals surface area contributed by atoms with Crippen molar-refractivity contribution in [2.45, 2.75) is 23.6 Å². The summed E-state index contributed by atoms with van der Waals surface area (Å²) in [5.74, 6) is 0. The molecule has 0 spiro atoms. The van der Waals surface area contributed by atoms with Crippen LogP contribution in [-0.4, -0.2) is 25.3 Å². The Bertz CT molecular complexity index is 469. The molecule has 0 unspecified atom stereocenters. The van der Waals surface area contributed by atoms with E-state index in [1.165, 1.54) is 13.1 Å². The maximum Gasteiger partial charge on any atom is 0.253 e. The Balaban J connectivity index is 3.16. The fourth-order valence-corrected chi connectivity index (χ4v) is 3.52. The number of hydrogen-bond acceptors (Lipinski definition) is 4. The van der Waals surface area contributed by atoms with Gasteiger partial charge in [-0.15, -0.1) is 11.3 Å². The minimum atomic E-state index is -3.54. The lowest BCUT2D eigenvalue weighted by Gasteiger charge is -2.27. The minimum Gasteiger partial charge on any atom is -0.206 e. The Hall–Kier alpha value is -0.900. The fourth-order valence-electron chi connectivity index (χ4n) is 0.916. The van der Waals surface area contributed by atoms with Gasteiger partial charge in [0.25, 0.3) is 10.0 Å². The number of hydrogen-bond donors (Lipinski definition) is 0. The summed E-state index contributed by atoms with van der Waals surface area (Å²) in [7, 11) is -2.12. The van der Waals surface area contributed by atoms with E-state index in [1.54, 1.807) is 25.3 Å². The van der Waals surface area contributed by atoms with Crippen LogP contribution >= 0.6 is 11.3 Å². The van der Waals surface area contributed by atoms with Crippen LogP contribution in [-0.2, 0) is 10.0 Å². The van der Waals surface area contributed by atoms with Crippen molar-refractivity contribution in [1.82, 2.24) is 4.31 Å². The van der Waals surface area contributed by atoms with E-state index in [-0.39, 0.29) is 4.21 Å². The van der Waals surface area contributed by atoms with Gasteiger partial charge in [-0.25, -0.2) is 8.42 Å². The third-order valence-corrected chi connectivity index (χ3v) is 5.57. The molecular formula is C9H12N2O2S2. The molecule has 0 aromatic carbocycles. The second-order valence-electron chi connectivity index (χ2n) is 3.58. The van der Waals surface area contributed by atoms with Crippen molar-refractivity contribution < 1.29 is 8.42 Å². The summed E-state index contributed by atoms with van der Waals surface area (Å²) in [5.41, 5.74) is -1.04. The lowest BCUT2D eigenvalue weighted by molar-refractivity contribution is 0.338. The van der Waals surface area contributed by atoms with Gasteiger partial charge in [0.05, 0.1) is 6.07 Å². The maximum atomic E-state index is 12.0. The summed E-state index contributed by atoms with van der Waals surface area (Å²) in [6.45, 7) is 3.14. The molecule has 1 rings (SSSR count). The van der Waals surface area contributed by atoms with Gasteiger partial charge in [0.2, 0.25) is 0 Å². The largest absolute Gasteiger partial charge is 0.253 e. The highest BCUT2D eigenvalue weighted by molar-refractivity contribution is 7.91. The highest BCUT2D eigenvalue weighted by Gasteiger charge is 2.34. The Morgan fingerprint density at radius 1 is 1.53 bits per heavy atom. The molecule has 0 N–H and O–H groups in total. The molecule has 15 heavy (non-hydrogen) atoms. The molecule has 0 saturated carbocycles. The van der Waals surface area contributed by atoms with Crippen LogP contribution in [0.15, 0.2) is 21.7 Å². The first kappa shape index (κ1) is 12.2. The molecule has 0 aliphatic rings. The first-order chi connectivity index (χ1) is 6.82. The van der Waals surface area contributed by atoms with Gasteiger partial charge in [-0.2, -0.15) is 9.57 Å². The number of rotatable bonds is 3. The predicted octanol–water partition coefficient (Wildman–Crippen LogP) is 1.67. The van der Waals surface area contributed by atoms with Crippen LogP contribution in [0, 0.1) is 11.3 Å². The molecule has 4 nitrogen and oxygen atoms in total. The third kappa shape index (κ3) is 2.20. The monoisotopic (exact) mass is 244 g/mol. The van der Waals surface area contributed by atoms with Crippen LogP contribution in [0.25, 0.3) is 0 Å². The second-order valence-corrected chi connectivity index (χ2v) is 6.72. The number of thiophene rings is 1. The van der Waals surface area contributed by atoms with Gasteiger partial charge >= 0.3 is 0 Å². The molecule has 0 fully saturated rings. The highest BCUT2D eigenvalue weighted by atomic mass is 32.2. The van der Waals surface area contributed by atoms with Crippen molar-refractivity contribution in [3.63, 3.8) is 0 Å². The molecule has 0 atom stereocenters. The third-order valence-electron chi connectivity index (χ3n) is 2.17. The smallest absolute Gasteiger partial charge is 0.206 e. The van der Waals surface area contributed by atoms with Crippen molar-refractivity contribution in [3.8, 4) is 6.07 Å². The van der Waals surface area contributed by atoms with Crippen LogP contribution in [0.4, 0.5) is 0 Å². The summed E-state index contributed by atoms with van der Waals surface area (Å²) >= 11 is 1.15. The fraction of sp³-hybridized carbons (Fsp3) is 0.444. The average Bonchev–Trinajstić information content (AvgIpc) is 2.69. The molecule has 0 amide bonds. The van der Waals surface area contributed by atoms with Crippen LogP contribution in [0.3, 0.4) is 0 Å². The summed E-state index contributed by atoms with van der Waals surface area (Å²) in [4.78, 5) is 0. The molecule has 1 heterocycles. The van der Waals surface area contributed by atoms with Gasteiger partial charge in [-0.1, -0.05) is 6.07 Å². The Morgan fingerprint density at radius 2 is 2.13 bits per heavy atom. The van der Waals surface area contributed by atoms with E-state index < -0.39 is 15.6 Å². The van der Waals surface area contributed by atoms with Gasteiger partial charge < -0.3 is 0 Å². The van der Waals surface area contributed by atoms with Crippen LogP contribution in [0.2, 0.25) is 0 Å². The average molecular weight is 244 g/mol. The summed E-state index contributed by atoms with van der Waals surface area (Å²) in [6.07, 6.45) is 0. The van der Waals surface area contributed by atoms with E-state index in [0.29, 0.717) is 0 Å². The van der Waals surface area contributed by atoms with Crippen molar-refractivity contribution in [2.24, 2.45) is 0 Å². The van der Waals surface area contributed by atoms with E-state index in [1.807, 2.05) is 6.07 Å². The Kier molecular flexibility index (Phi) is 3.19. The maximum absolute atomic E-state index is 12.0. The normalized spacial score (nSPS) is 12.7. The van der Waals surface area contributed by atoms with Gasteiger partial charge in [-0.05, 0) is 25.3 Å². The second kappa shape index (κ2) is 3.93. The zero-order valence-corrected chi connectivity index (χ0v) is 10.4. The van der Waals surface area contributed by atoms with E-state index in [2.05, 4.69) is 0 Å². The zero-order chi connectivity index (χ0) is 11.7. The predicted molar refractivity (Wildman–Crippen MR) is 59.0 cm³/mol. The van der Waals surface area contributed by atoms with Gasteiger partial charge in [0.1, 0.15) is 9.75 Å². The molecule has 0 aliphatic carbocycles. The molecule has 6 heteroatoms. The van der Waals surface area contributed by atoms with Crippen molar-refractivity contribution >= 4 is 21.4 Å². The standard InChI is InChI=1S/C9H12N2O2S2/c1-9(2,7-10)11(3)15(12,13)8-5-4-6-14-8/h4-6H,1-3H3. The van der Waals surface area contributed by atoms with E-state index in [9.17, 15) is 8.42 Å². The summed E-state index contributed by atoms with van der Waals surface area (Å²) in [6, 6.07) is 5.16. The Morgan fingerprint density at radius 3 is 2.53 bits per heavy atom. The van der Waals surface area contributed by atoms with Crippen molar-refractivity contribution in [2.75, 3.05) is 7.05 Å². The van der Waals surface area contributed by atoms with E-state index in [0.717, 1.165) is 15.6 Å². The molecular weight excluding hydrogens is 232 g/mol. The molecule has 82 valence electrons. The van der Waals surface area contributed by atoms with Crippen molar-refractivity contribution in [1.29, 1.82) is 5.26 Å². The zero-order valence-electron chi connectivity index (χ0n) is 8.76. The van der Waals surface area contributed by atoms with Crippen molar-refractivity contribution in [3.05, 3.63) is 17.5 Å². The number of nitriles is 1.